The van der Waals surface area contributed by atoms with Gasteiger partial charge in [-0.25, -0.2) is 8.78 Å². The average Bonchev–Trinajstić information content (AvgIpc) is 2.00. The maximum absolute atomic E-state index is 11.9. The smallest absolute Gasteiger partial charge is 0.389 e. The van der Waals surface area contributed by atoms with Crippen molar-refractivity contribution < 1.29 is 27.1 Å². The summed E-state index contributed by atoms with van der Waals surface area (Å²) in [6.07, 6.45) is -8.06. The zero-order valence-corrected chi connectivity index (χ0v) is 8.10. The minimum absolute atomic E-state index is 0.0256. The molecular formula is C8H14F5NO. The van der Waals surface area contributed by atoms with Gasteiger partial charge in [0, 0.05) is 13.0 Å². The number of rotatable bonds is 7. The number of alkyl halides is 5. The molecule has 7 heteroatoms. The van der Waals surface area contributed by atoms with Crippen LogP contribution in [0.15, 0.2) is 0 Å². The van der Waals surface area contributed by atoms with Crippen LogP contribution in [0.3, 0.4) is 0 Å². The Bertz CT molecular complexity index is 162. The number of hydrogen-bond donors (Lipinski definition) is 1. The SMILES string of the molecule is OCCN(CCCC(F)(F)F)CC(F)F. The largest absolute Gasteiger partial charge is 0.395 e. The number of aliphatic hydroxyl groups is 1. The number of halogens is 5. The molecule has 0 aromatic heterocycles. The molecular weight excluding hydrogens is 221 g/mol. The predicted octanol–water partition coefficient (Wildman–Crippen LogP) is 1.89. The van der Waals surface area contributed by atoms with E-state index in [1.54, 1.807) is 0 Å². The summed E-state index contributed by atoms with van der Waals surface area (Å²) in [6.45, 7) is -1.04. The van der Waals surface area contributed by atoms with Gasteiger partial charge in [0.1, 0.15) is 0 Å². The molecule has 1 N–H and O–H groups in total. The quantitative estimate of drug-likeness (QED) is 0.681. The Morgan fingerprint density at radius 2 is 1.73 bits per heavy atom. The highest BCUT2D eigenvalue weighted by Gasteiger charge is 2.26. The molecule has 0 rings (SSSR count). The second-order valence-electron chi connectivity index (χ2n) is 3.13. The van der Waals surface area contributed by atoms with E-state index in [9.17, 15) is 22.0 Å². The summed E-state index contributed by atoms with van der Waals surface area (Å²) in [4.78, 5) is 1.12. The molecule has 2 nitrogen and oxygen atoms in total. The average molecular weight is 235 g/mol. The maximum atomic E-state index is 11.9. The van der Waals surface area contributed by atoms with Gasteiger partial charge in [-0.1, -0.05) is 0 Å². The van der Waals surface area contributed by atoms with Crippen LogP contribution in [0.4, 0.5) is 22.0 Å². The number of aliphatic hydroxyl groups excluding tert-OH is 1. The highest BCUT2D eigenvalue weighted by atomic mass is 19.4. The lowest BCUT2D eigenvalue weighted by Gasteiger charge is -2.20. The first kappa shape index (κ1) is 14.6. The van der Waals surface area contributed by atoms with Gasteiger partial charge in [0.05, 0.1) is 13.2 Å². The van der Waals surface area contributed by atoms with E-state index in [1.165, 1.54) is 0 Å². The lowest BCUT2D eigenvalue weighted by molar-refractivity contribution is -0.136. The van der Waals surface area contributed by atoms with E-state index < -0.39 is 25.6 Å². The normalized spacial score (nSPS) is 12.8. The van der Waals surface area contributed by atoms with E-state index in [0.29, 0.717) is 0 Å². The molecule has 0 saturated carbocycles. The third-order valence-electron chi connectivity index (χ3n) is 1.75. The number of nitrogens with zero attached hydrogens (tertiary/aromatic N) is 1. The molecule has 0 aliphatic carbocycles. The molecule has 0 bridgehead atoms. The molecule has 0 aromatic carbocycles. The van der Waals surface area contributed by atoms with E-state index >= 15 is 0 Å². The van der Waals surface area contributed by atoms with E-state index in [4.69, 9.17) is 5.11 Å². The van der Waals surface area contributed by atoms with Crippen LogP contribution in [0.25, 0.3) is 0 Å². The lowest BCUT2D eigenvalue weighted by atomic mass is 10.3. The fourth-order valence-corrected chi connectivity index (χ4v) is 1.13. The Hall–Kier alpha value is -0.430. The zero-order valence-electron chi connectivity index (χ0n) is 8.10. The molecule has 15 heavy (non-hydrogen) atoms. The molecule has 92 valence electrons. The Balaban J connectivity index is 3.75. The summed E-state index contributed by atoms with van der Waals surface area (Å²) in [6, 6.07) is 0. The first-order valence-corrected chi connectivity index (χ1v) is 4.53. The van der Waals surface area contributed by atoms with Crippen molar-refractivity contribution in [2.24, 2.45) is 0 Å². The molecule has 0 fully saturated rings. The highest BCUT2D eigenvalue weighted by Crippen LogP contribution is 2.21. The molecule has 0 unspecified atom stereocenters. The van der Waals surface area contributed by atoms with Gasteiger partial charge in [-0.15, -0.1) is 0 Å². The van der Waals surface area contributed by atoms with Crippen LogP contribution in [-0.4, -0.2) is 48.8 Å². The van der Waals surface area contributed by atoms with Gasteiger partial charge in [0.2, 0.25) is 0 Å². The molecule has 0 heterocycles. The summed E-state index contributed by atoms with van der Waals surface area (Å²) in [5.41, 5.74) is 0. The second kappa shape index (κ2) is 6.95. The van der Waals surface area contributed by atoms with Crippen LogP contribution in [0, 0.1) is 0 Å². The van der Waals surface area contributed by atoms with Crippen LogP contribution in [0.2, 0.25) is 0 Å². The summed E-state index contributed by atoms with van der Waals surface area (Å²) in [5, 5.41) is 8.50. The fourth-order valence-electron chi connectivity index (χ4n) is 1.13. The molecule has 0 aliphatic heterocycles. The van der Waals surface area contributed by atoms with Crippen LogP contribution in [-0.2, 0) is 0 Å². The second-order valence-corrected chi connectivity index (χ2v) is 3.13. The third-order valence-corrected chi connectivity index (χ3v) is 1.75. The van der Waals surface area contributed by atoms with Crippen molar-refractivity contribution in [1.29, 1.82) is 0 Å². The van der Waals surface area contributed by atoms with Crippen molar-refractivity contribution in [3.8, 4) is 0 Å². The van der Waals surface area contributed by atoms with Gasteiger partial charge in [-0.05, 0) is 13.0 Å². The molecule has 0 atom stereocenters. The van der Waals surface area contributed by atoms with Gasteiger partial charge in [0.15, 0.2) is 0 Å². The van der Waals surface area contributed by atoms with Crippen LogP contribution in [0.5, 0.6) is 0 Å². The van der Waals surface area contributed by atoms with Gasteiger partial charge >= 0.3 is 6.18 Å². The monoisotopic (exact) mass is 235 g/mol. The minimum Gasteiger partial charge on any atom is -0.395 e. The molecule has 0 spiro atoms. The molecule has 0 amide bonds. The predicted molar refractivity (Wildman–Crippen MR) is 44.8 cm³/mol. The van der Waals surface area contributed by atoms with E-state index in [-0.39, 0.29) is 26.1 Å². The summed E-state index contributed by atoms with van der Waals surface area (Å²) < 4.78 is 59.1. The Morgan fingerprint density at radius 1 is 1.13 bits per heavy atom. The van der Waals surface area contributed by atoms with Crippen molar-refractivity contribution in [3.63, 3.8) is 0 Å². The fraction of sp³-hybridized carbons (Fsp3) is 1.00. The van der Waals surface area contributed by atoms with Gasteiger partial charge in [-0.3, -0.25) is 4.90 Å². The summed E-state index contributed by atoms with van der Waals surface area (Å²) in [7, 11) is 0. The first-order chi connectivity index (χ1) is 6.85. The van der Waals surface area contributed by atoms with Gasteiger partial charge in [-0.2, -0.15) is 13.2 Å². The lowest BCUT2D eigenvalue weighted by Crippen LogP contribution is -2.33. The summed E-state index contributed by atoms with van der Waals surface area (Å²) in [5.74, 6) is 0. The van der Waals surface area contributed by atoms with Crippen molar-refractivity contribution >= 4 is 0 Å². The van der Waals surface area contributed by atoms with Crippen molar-refractivity contribution in [2.75, 3.05) is 26.2 Å². The summed E-state index contributed by atoms with van der Waals surface area (Å²) >= 11 is 0. The molecule has 0 radical (unpaired) electrons. The molecule has 0 aliphatic rings. The highest BCUT2D eigenvalue weighted by molar-refractivity contribution is 4.61. The minimum atomic E-state index is -4.25. The Labute approximate surface area is 84.7 Å². The van der Waals surface area contributed by atoms with Crippen LogP contribution < -0.4 is 0 Å². The standard InChI is InChI=1S/C8H14F5NO/c9-7(10)6-14(4-5-15)3-1-2-8(11,12)13/h7,15H,1-6H2. The van der Waals surface area contributed by atoms with Crippen molar-refractivity contribution in [2.45, 2.75) is 25.4 Å². The maximum Gasteiger partial charge on any atom is 0.389 e. The van der Waals surface area contributed by atoms with E-state index in [2.05, 4.69) is 0 Å². The topological polar surface area (TPSA) is 23.5 Å². The van der Waals surface area contributed by atoms with E-state index in [1.807, 2.05) is 0 Å². The van der Waals surface area contributed by atoms with E-state index in [0.717, 1.165) is 4.90 Å². The molecule has 0 aromatic rings. The first-order valence-electron chi connectivity index (χ1n) is 4.53. The van der Waals surface area contributed by atoms with Gasteiger partial charge < -0.3 is 5.11 Å². The van der Waals surface area contributed by atoms with Crippen molar-refractivity contribution in [1.82, 2.24) is 4.90 Å². The zero-order chi connectivity index (χ0) is 11.9. The Kier molecular flexibility index (Phi) is 6.75. The van der Waals surface area contributed by atoms with Crippen LogP contribution in [0.1, 0.15) is 12.8 Å². The number of hydrogen-bond acceptors (Lipinski definition) is 2. The third kappa shape index (κ3) is 9.86. The van der Waals surface area contributed by atoms with Gasteiger partial charge in [0.25, 0.3) is 6.43 Å². The Morgan fingerprint density at radius 3 is 2.13 bits per heavy atom. The molecule has 0 saturated heterocycles. The van der Waals surface area contributed by atoms with Crippen LogP contribution >= 0.6 is 0 Å². The van der Waals surface area contributed by atoms with Crippen molar-refractivity contribution in [3.05, 3.63) is 0 Å².